The predicted molar refractivity (Wildman–Crippen MR) is 77.3 cm³/mol. The molecule has 0 aliphatic carbocycles. The van der Waals surface area contributed by atoms with Crippen molar-refractivity contribution in [2.75, 3.05) is 0 Å². The van der Waals surface area contributed by atoms with E-state index in [0.717, 1.165) is 12.0 Å². The van der Waals surface area contributed by atoms with Gasteiger partial charge in [0.2, 0.25) is 0 Å². The monoisotopic (exact) mass is 268 g/mol. The van der Waals surface area contributed by atoms with Gasteiger partial charge in [-0.25, -0.2) is 4.79 Å². The highest BCUT2D eigenvalue weighted by molar-refractivity contribution is 6.15. The van der Waals surface area contributed by atoms with Crippen LogP contribution in [0.15, 0.2) is 48.5 Å². The minimum absolute atomic E-state index is 0.0739. The van der Waals surface area contributed by atoms with Crippen molar-refractivity contribution < 1.29 is 14.7 Å². The molecule has 0 atom stereocenters. The Labute approximate surface area is 117 Å². The lowest BCUT2D eigenvalue weighted by atomic mass is 9.91. The molecule has 2 aromatic rings. The molecular weight excluding hydrogens is 252 g/mol. The lowest BCUT2D eigenvalue weighted by molar-refractivity contribution is 0.0692. The van der Waals surface area contributed by atoms with Gasteiger partial charge in [0.25, 0.3) is 0 Å². The zero-order valence-electron chi connectivity index (χ0n) is 11.3. The normalized spacial score (nSPS) is 10.2. The number of benzene rings is 2. The number of carboxylic acids is 1. The maximum atomic E-state index is 12.6. The van der Waals surface area contributed by atoms with Gasteiger partial charge in [-0.15, -0.1) is 0 Å². The highest BCUT2D eigenvalue weighted by atomic mass is 16.4. The Morgan fingerprint density at radius 3 is 2.30 bits per heavy atom. The van der Waals surface area contributed by atoms with E-state index in [-0.39, 0.29) is 11.3 Å². The van der Waals surface area contributed by atoms with Crippen LogP contribution in [-0.4, -0.2) is 16.9 Å². The van der Waals surface area contributed by atoms with E-state index in [1.165, 1.54) is 6.07 Å². The zero-order chi connectivity index (χ0) is 14.5. The Bertz CT molecular complexity index is 630. The fourth-order valence-electron chi connectivity index (χ4n) is 2.26. The molecule has 20 heavy (non-hydrogen) atoms. The molecule has 0 spiro atoms. The third-order valence-electron chi connectivity index (χ3n) is 3.16. The summed E-state index contributed by atoms with van der Waals surface area (Å²) in [5, 5.41) is 9.30. The van der Waals surface area contributed by atoms with E-state index in [0.29, 0.717) is 17.5 Å². The van der Waals surface area contributed by atoms with E-state index in [2.05, 4.69) is 0 Å². The van der Waals surface area contributed by atoms with Crippen molar-refractivity contribution in [3.05, 3.63) is 70.8 Å². The van der Waals surface area contributed by atoms with Gasteiger partial charge in [0.15, 0.2) is 5.78 Å². The maximum absolute atomic E-state index is 12.6. The van der Waals surface area contributed by atoms with Crippen LogP contribution >= 0.6 is 0 Å². The molecule has 0 aliphatic heterocycles. The number of aromatic carboxylic acids is 1. The Balaban J connectivity index is 2.58. The van der Waals surface area contributed by atoms with Gasteiger partial charge in [-0.3, -0.25) is 4.79 Å². The number of carbonyl (C=O) groups excluding carboxylic acids is 1. The van der Waals surface area contributed by atoms with Crippen LogP contribution in [0.3, 0.4) is 0 Å². The van der Waals surface area contributed by atoms with Crippen LogP contribution in [0.2, 0.25) is 0 Å². The van der Waals surface area contributed by atoms with Crippen LogP contribution < -0.4 is 0 Å². The number of hydrogen-bond donors (Lipinski definition) is 1. The summed E-state index contributed by atoms with van der Waals surface area (Å²) >= 11 is 0. The lowest BCUT2D eigenvalue weighted by Gasteiger charge is -2.11. The first-order valence-corrected chi connectivity index (χ1v) is 6.60. The Morgan fingerprint density at radius 1 is 1.00 bits per heavy atom. The molecule has 0 bridgehead atoms. The number of hydrogen-bond acceptors (Lipinski definition) is 2. The summed E-state index contributed by atoms with van der Waals surface area (Å²) in [5.74, 6) is -1.30. The number of aryl methyl sites for hydroxylation is 1. The first-order chi connectivity index (χ1) is 9.65. The second kappa shape index (κ2) is 6.15. The third-order valence-corrected chi connectivity index (χ3v) is 3.16. The van der Waals surface area contributed by atoms with Crippen LogP contribution in [0.25, 0.3) is 0 Å². The van der Waals surface area contributed by atoms with E-state index >= 15 is 0 Å². The van der Waals surface area contributed by atoms with Gasteiger partial charge in [-0.05, 0) is 18.1 Å². The summed E-state index contributed by atoms with van der Waals surface area (Å²) in [7, 11) is 0. The van der Waals surface area contributed by atoms with Crippen LogP contribution in [0, 0.1) is 0 Å². The number of carboxylic acid groups (broad SMARTS) is 1. The highest BCUT2D eigenvalue weighted by Gasteiger charge is 2.20. The molecule has 3 heteroatoms. The van der Waals surface area contributed by atoms with E-state index in [4.69, 9.17) is 0 Å². The van der Waals surface area contributed by atoms with E-state index in [1.807, 2.05) is 19.1 Å². The van der Waals surface area contributed by atoms with Gasteiger partial charge < -0.3 is 5.11 Å². The topological polar surface area (TPSA) is 54.4 Å². The molecule has 0 heterocycles. The van der Waals surface area contributed by atoms with Crippen molar-refractivity contribution in [2.24, 2.45) is 0 Å². The number of rotatable bonds is 5. The Hall–Kier alpha value is -2.42. The molecule has 0 aromatic heterocycles. The summed E-state index contributed by atoms with van der Waals surface area (Å²) in [5.41, 5.74) is 1.69. The van der Waals surface area contributed by atoms with Crippen molar-refractivity contribution in [1.29, 1.82) is 0 Å². The molecule has 2 rings (SSSR count). The number of carbonyl (C=O) groups is 2. The van der Waals surface area contributed by atoms with Gasteiger partial charge >= 0.3 is 5.97 Å². The second-order valence-corrected chi connectivity index (χ2v) is 4.59. The molecule has 102 valence electrons. The summed E-state index contributed by atoms with van der Waals surface area (Å²) in [6.45, 7) is 2.00. The molecule has 0 radical (unpaired) electrons. The maximum Gasteiger partial charge on any atom is 0.336 e. The Kier molecular flexibility index (Phi) is 4.31. The number of ketones is 1. The van der Waals surface area contributed by atoms with Gasteiger partial charge in [0.05, 0.1) is 5.56 Å². The highest BCUT2D eigenvalue weighted by Crippen LogP contribution is 2.21. The van der Waals surface area contributed by atoms with E-state index in [9.17, 15) is 14.7 Å². The molecule has 1 N–H and O–H groups in total. The van der Waals surface area contributed by atoms with Gasteiger partial charge in [-0.2, -0.15) is 0 Å². The summed E-state index contributed by atoms with van der Waals surface area (Å²) in [6, 6.07) is 13.8. The van der Waals surface area contributed by atoms with Gasteiger partial charge in [-0.1, -0.05) is 55.8 Å². The summed E-state index contributed by atoms with van der Waals surface area (Å²) in [4.78, 5) is 24.0. The fourth-order valence-corrected chi connectivity index (χ4v) is 2.26. The van der Waals surface area contributed by atoms with Crippen LogP contribution in [0.5, 0.6) is 0 Å². The molecule has 0 fully saturated rings. The average molecular weight is 268 g/mol. The van der Waals surface area contributed by atoms with Crippen molar-refractivity contribution in [2.45, 2.75) is 19.8 Å². The smallest absolute Gasteiger partial charge is 0.336 e. The van der Waals surface area contributed by atoms with Crippen molar-refractivity contribution >= 4 is 11.8 Å². The van der Waals surface area contributed by atoms with Crippen molar-refractivity contribution in [3.8, 4) is 0 Å². The SMILES string of the molecule is CCCc1cccc(C(=O)O)c1C(=O)c1ccccc1. The third kappa shape index (κ3) is 2.77. The first-order valence-electron chi connectivity index (χ1n) is 6.60. The molecule has 0 saturated heterocycles. The minimum Gasteiger partial charge on any atom is -0.478 e. The molecule has 3 nitrogen and oxygen atoms in total. The first kappa shape index (κ1) is 14.0. The van der Waals surface area contributed by atoms with E-state index < -0.39 is 5.97 Å². The molecule has 0 unspecified atom stereocenters. The van der Waals surface area contributed by atoms with Crippen LogP contribution in [-0.2, 0) is 6.42 Å². The predicted octanol–water partition coefficient (Wildman–Crippen LogP) is 3.57. The zero-order valence-corrected chi connectivity index (χ0v) is 11.3. The summed E-state index contributed by atoms with van der Waals surface area (Å²) < 4.78 is 0. The van der Waals surface area contributed by atoms with Gasteiger partial charge in [0, 0.05) is 11.1 Å². The minimum atomic E-state index is -1.07. The van der Waals surface area contributed by atoms with Crippen LogP contribution in [0.4, 0.5) is 0 Å². The molecule has 0 aliphatic rings. The molecule has 0 saturated carbocycles. The lowest BCUT2D eigenvalue weighted by Crippen LogP contribution is -2.13. The van der Waals surface area contributed by atoms with Crippen molar-refractivity contribution in [1.82, 2.24) is 0 Å². The summed E-state index contributed by atoms with van der Waals surface area (Å²) in [6.07, 6.45) is 1.55. The Morgan fingerprint density at radius 2 is 1.70 bits per heavy atom. The van der Waals surface area contributed by atoms with Gasteiger partial charge in [0.1, 0.15) is 0 Å². The largest absolute Gasteiger partial charge is 0.478 e. The van der Waals surface area contributed by atoms with Crippen LogP contribution in [0.1, 0.15) is 45.2 Å². The quantitative estimate of drug-likeness (QED) is 0.843. The van der Waals surface area contributed by atoms with Crippen molar-refractivity contribution in [3.63, 3.8) is 0 Å². The molecular formula is C17H16O3. The average Bonchev–Trinajstić information content (AvgIpc) is 2.47. The second-order valence-electron chi connectivity index (χ2n) is 4.59. The molecule has 0 amide bonds. The van der Waals surface area contributed by atoms with E-state index in [1.54, 1.807) is 30.3 Å². The standard InChI is InChI=1S/C17H16O3/c1-2-7-12-10-6-11-14(17(19)20)15(12)16(18)13-8-4-3-5-9-13/h3-6,8-11H,2,7H2,1H3,(H,19,20). The molecule has 2 aromatic carbocycles. The fraction of sp³-hybridized carbons (Fsp3) is 0.176.